The van der Waals surface area contributed by atoms with Crippen LogP contribution in [0.4, 0.5) is 0 Å². The Balaban J connectivity index is 1.78. The van der Waals surface area contributed by atoms with Gasteiger partial charge in [-0.15, -0.1) is 0 Å². The topological polar surface area (TPSA) is 66.6 Å². The van der Waals surface area contributed by atoms with Crippen LogP contribution in [0.25, 0.3) is 11.5 Å². The van der Waals surface area contributed by atoms with Crippen LogP contribution in [0.2, 0.25) is 10.0 Å². The maximum absolute atomic E-state index is 12.3. The number of carbonyl (C=O) groups is 1. The lowest BCUT2D eigenvalue weighted by molar-refractivity contribution is 0.0541. The molecule has 22 heavy (non-hydrogen) atoms. The van der Waals surface area contributed by atoms with Crippen LogP contribution in [0.15, 0.2) is 28.9 Å². The minimum absolute atomic E-state index is 0.193. The molecule has 0 saturated carbocycles. The number of aromatic nitrogens is 1. The molecule has 116 valence electrons. The third kappa shape index (κ3) is 3.11. The highest BCUT2D eigenvalue weighted by atomic mass is 35.5. The number of piperidine rings is 1. The Morgan fingerprint density at radius 2 is 2.00 bits per heavy atom. The second-order valence-electron chi connectivity index (χ2n) is 5.19. The predicted octanol–water partition coefficient (Wildman–Crippen LogP) is 3.25. The van der Waals surface area contributed by atoms with Gasteiger partial charge in [0.2, 0.25) is 5.89 Å². The molecular formula is C15H14Cl2N2O3. The molecule has 0 unspecified atom stereocenters. The molecule has 1 fully saturated rings. The molecule has 0 spiro atoms. The first kappa shape index (κ1) is 15.3. The van der Waals surface area contributed by atoms with Gasteiger partial charge in [-0.3, -0.25) is 4.79 Å². The molecule has 1 amide bonds. The maximum atomic E-state index is 12.3. The molecule has 5 nitrogen and oxygen atoms in total. The van der Waals surface area contributed by atoms with Crippen molar-refractivity contribution in [3.63, 3.8) is 0 Å². The first-order valence-corrected chi connectivity index (χ1v) is 7.68. The molecule has 1 aliphatic rings. The summed E-state index contributed by atoms with van der Waals surface area (Å²) in [6.07, 6.45) is 2.19. The first-order chi connectivity index (χ1) is 10.5. The van der Waals surface area contributed by atoms with Crippen LogP contribution in [-0.4, -0.2) is 40.1 Å². The monoisotopic (exact) mass is 340 g/mol. The fourth-order valence-corrected chi connectivity index (χ4v) is 2.66. The summed E-state index contributed by atoms with van der Waals surface area (Å²) < 4.78 is 5.37. The lowest BCUT2D eigenvalue weighted by Crippen LogP contribution is -2.40. The van der Waals surface area contributed by atoms with Crippen molar-refractivity contribution in [2.45, 2.75) is 18.9 Å². The molecule has 3 rings (SSSR count). The van der Waals surface area contributed by atoms with Crippen LogP contribution in [0, 0.1) is 0 Å². The number of aliphatic hydroxyl groups excluding tert-OH is 1. The van der Waals surface area contributed by atoms with Gasteiger partial charge < -0.3 is 14.4 Å². The highest BCUT2D eigenvalue weighted by molar-refractivity contribution is 6.42. The second-order valence-corrected chi connectivity index (χ2v) is 6.00. The number of likely N-dealkylation sites (tertiary alicyclic amines) is 1. The Hall–Kier alpha value is -1.56. The standard InChI is InChI=1S/C15H14Cl2N2O3/c16-11-2-1-9(7-12(11)17)14-18-13(8-22-14)15(21)19-5-3-10(20)4-6-19/h1-2,7-8,10,20H,3-6H2. The summed E-state index contributed by atoms with van der Waals surface area (Å²) >= 11 is 11.8. The van der Waals surface area contributed by atoms with Crippen molar-refractivity contribution in [3.05, 3.63) is 40.2 Å². The van der Waals surface area contributed by atoms with Crippen molar-refractivity contribution in [1.82, 2.24) is 9.88 Å². The van der Waals surface area contributed by atoms with Gasteiger partial charge in [0.1, 0.15) is 6.26 Å². The molecule has 7 heteroatoms. The molecule has 2 aromatic rings. The summed E-state index contributed by atoms with van der Waals surface area (Å²) in [4.78, 5) is 18.2. The van der Waals surface area contributed by atoms with E-state index in [2.05, 4.69) is 4.98 Å². The minimum atomic E-state index is -0.326. The Bertz CT molecular complexity index is 694. The lowest BCUT2D eigenvalue weighted by Gasteiger charge is -2.28. The summed E-state index contributed by atoms with van der Waals surface area (Å²) in [5.41, 5.74) is 0.903. The fraction of sp³-hybridized carbons (Fsp3) is 0.333. The summed E-state index contributed by atoms with van der Waals surface area (Å²) in [6.45, 7) is 1.05. The van der Waals surface area contributed by atoms with Gasteiger partial charge in [-0.05, 0) is 31.0 Å². The van der Waals surface area contributed by atoms with E-state index >= 15 is 0 Å². The third-order valence-electron chi connectivity index (χ3n) is 3.64. The van der Waals surface area contributed by atoms with Crippen LogP contribution < -0.4 is 0 Å². The Kier molecular flexibility index (Phi) is 4.38. The first-order valence-electron chi connectivity index (χ1n) is 6.93. The number of nitrogens with zero attached hydrogens (tertiary/aromatic N) is 2. The number of carbonyl (C=O) groups excluding carboxylic acids is 1. The maximum Gasteiger partial charge on any atom is 0.275 e. The number of hydrogen-bond donors (Lipinski definition) is 1. The van der Waals surface area contributed by atoms with Gasteiger partial charge in [-0.2, -0.15) is 0 Å². The van der Waals surface area contributed by atoms with Crippen molar-refractivity contribution in [1.29, 1.82) is 0 Å². The second kappa shape index (κ2) is 6.28. The zero-order valence-corrected chi connectivity index (χ0v) is 13.1. The van der Waals surface area contributed by atoms with Crippen LogP contribution in [0.3, 0.4) is 0 Å². The highest BCUT2D eigenvalue weighted by Crippen LogP contribution is 2.28. The Morgan fingerprint density at radius 1 is 1.27 bits per heavy atom. The zero-order chi connectivity index (χ0) is 15.7. The average Bonchev–Trinajstić information content (AvgIpc) is 3.00. The zero-order valence-electron chi connectivity index (χ0n) is 11.6. The molecule has 1 aliphatic heterocycles. The van der Waals surface area contributed by atoms with Crippen LogP contribution in [0.1, 0.15) is 23.3 Å². The van der Waals surface area contributed by atoms with E-state index in [0.717, 1.165) is 0 Å². The number of halogens is 2. The van der Waals surface area contributed by atoms with Crippen LogP contribution in [-0.2, 0) is 0 Å². The molecule has 1 aromatic carbocycles. The van der Waals surface area contributed by atoms with Gasteiger partial charge in [-0.25, -0.2) is 4.98 Å². The molecule has 0 radical (unpaired) electrons. The lowest BCUT2D eigenvalue weighted by atomic mass is 10.1. The summed E-state index contributed by atoms with van der Waals surface area (Å²) in [6, 6.07) is 5.02. The summed E-state index contributed by atoms with van der Waals surface area (Å²) in [5.74, 6) is 0.126. The van der Waals surface area contributed by atoms with E-state index < -0.39 is 0 Å². The largest absolute Gasteiger partial charge is 0.444 e. The normalized spacial score (nSPS) is 16.0. The smallest absolute Gasteiger partial charge is 0.275 e. The van der Waals surface area contributed by atoms with E-state index in [9.17, 15) is 9.90 Å². The van der Waals surface area contributed by atoms with Gasteiger partial charge in [0.25, 0.3) is 5.91 Å². The van der Waals surface area contributed by atoms with E-state index in [0.29, 0.717) is 47.4 Å². The van der Waals surface area contributed by atoms with Crippen molar-refractivity contribution in [2.75, 3.05) is 13.1 Å². The quantitative estimate of drug-likeness (QED) is 0.911. The van der Waals surface area contributed by atoms with E-state index in [1.807, 2.05) is 0 Å². The van der Waals surface area contributed by atoms with Gasteiger partial charge >= 0.3 is 0 Å². The predicted molar refractivity (Wildman–Crippen MR) is 83.1 cm³/mol. The van der Waals surface area contributed by atoms with Gasteiger partial charge in [0.05, 0.1) is 16.1 Å². The van der Waals surface area contributed by atoms with Gasteiger partial charge in [-0.1, -0.05) is 23.2 Å². The number of oxazole rings is 1. The molecule has 1 N–H and O–H groups in total. The number of benzene rings is 1. The van der Waals surface area contributed by atoms with E-state index in [4.69, 9.17) is 27.6 Å². The minimum Gasteiger partial charge on any atom is -0.444 e. The average molecular weight is 341 g/mol. The molecule has 0 aliphatic carbocycles. The van der Waals surface area contributed by atoms with Crippen molar-refractivity contribution in [3.8, 4) is 11.5 Å². The van der Waals surface area contributed by atoms with Crippen molar-refractivity contribution < 1.29 is 14.3 Å². The number of rotatable bonds is 2. The van der Waals surface area contributed by atoms with E-state index in [-0.39, 0.29) is 17.7 Å². The fourth-order valence-electron chi connectivity index (χ4n) is 2.36. The molecule has 1 aromatic heterocycles. The van der Waals surface area contributed by atoms with Gasteiger partial charge in [0, 0.05) is 18.7 Å². The number of aliphatic hydroxyl groups is 1. The molecule has 0 bridgehead atoms. The van der Waals surface area contributed by atoms with Crippen molar-refractivity contribution >= 4 is 29.1 Å². The Labute approximate surface area is 137 Å². The van der Waals surface area contributed by atoms with E-state index in [1.165, 1.54) is 6.26 Å². The molecule has 0 atom stereocenters. The number of hydrogen-bond acceptors (Lipinski definition) is 4. The highest BCUT2D eigenvalue weighted by Gasteiger charge is 2.24. The summed E-state index contributed by atoms with van der Waals surface area (Å²) in [7, 11) is 0. The SMILES string of the molecule is O=C(c1coc(-c2ccc(Cl)c(Cl)c2)n1)N1CCC(O)CC1. The molecule has 2 heterocycles. The Morgan fingerprint density at radius 3 is 2.68 bits per heavy atom. The van der Waals surface area contributed by atoms with Gasteiger partial charge in [0.15, 0.2) is 5.69 Å². The number of amides is 1. The van der Waals surface area contributed by atoms with Crippen LogP contribution in [0.5, 0.6) is 0 Å². The van der Waals surface area contributed by atoms with E-state index in [1.54, 1.807) is 23.1 Å². The molecule has 1 saturated heterocycles. The third-order valence-corrected chi connectivity index (χ3v) is 4.38. The van der Waals surface area contributed by atoms with Crippen LogP contribution >= 0.6 is 23.2 Å². The summed E-state index contributed by atoms with van der Waals surface area (Å²) in [5, 5.41) is 10.3. The van der Waals surface area contributed by atoms with Crippen molar-refractivity contribution in [2.24, 2.45) is 0 Å². The molecular weight excluding hydrogens is 327 g/mol.